The SMILES string of the molecule is O=C(CC(=O)c1ccccc1)c1ccccc1.OCC(CO)(CO)CO. The minimum atomic E-state index is -1.11. The van der Waals surface area contributed by atoms with Gasteiger partial charge in [-0.05, 0) is 0 Å². The summed E-state index contributed by atoms with van der Waals surface area (Å²) < 4.78 is 0. The molecule has 6 heteroatoms. The summed E-state index contributed by atoms with van der Waals surface area (Å²) in [5.74, 6) is -0.279. The van der Waals surface area contributed by atoms with E-state index in [9.17, 15) is 9.59 Å². The molecular formula is C20H24O6. The van der Waals surface area contributed by atoms with E-state index in [0.717, 1.165) is 0 Å². The third kappa shape index (κ3) is 6.50. The lowest BCUT2D eigenvalue weighted by Gasteiger charge is -2.23. The molecule has 2 rings (SSSR count). The van der Waals surface area contributed by atoms with Crippen LogP contribution in [0.1, 0.15) is 27.1 Å². The fourth-order valence-corrected chi connectivity index (χ4v) is 1.90. The van der Waals surface area contributed by atoms with E-state index in [1.54, 1.807) is 48.5 Å². The maximum atomic E-state index is 11.8. The zero-order chi connectivity index (χ0) is 19.4. The highest BCUT2D eigenvalue weighted by Gasteiger charge is 2.26. The minimum absolute atomic E-state index is 0.0754. The third-order valence-corrected chi connectivity index (χ3v) is 3.85. The van der Waals surface area contributed by atoms with Gasteiger partial charge in [0.25, 0.3) is 0 Å². The van der Waals surface area contributed by atoms with Gasteiger partial charge in [-0.25, -0.2) is 0 Å². The molecule has 0 amide bonds. The Hall–Kier alpha value is -2.38. The van der Waals surface area contributed by atoms with Gasteiger partial charge in [-0.2, -0.15) is 0 Å². The summed E-state index contributed by atoms with van der Waals surface area (Å²) in [6, 6.07) is 17.7. The Bertz CT molecular complexity index is 598. The molecule has 0 unspecified atom stereocenters. The van der Waals surface area contributed by atoms with Crippen LogP contribution < -0.4 is 0 Å². The molecule has 2 aromatic carbocycles. The zero-order valence-electron chi connectivity index (χ0n) is 14.4. The first-order valence-electron chi connectivity index (χ1n) is 8.12. The van der Waals surface area contributed by atoms with Gasteiger partial charge in [-0.3, -0.25) is 9.59 Å². The number of carbonyl (C=O) groups is 2. The fourth-order valence-electron chi connectivity index (χ4n) is 1.90. The first-order chi connectivity index (χ1) is 12.5. The van der Waals surface area contributed by atoms with E-state index in [-0.39, 0.29) is 18.0 Å². The van der Waals surface area contributed by atoms with Gasteiger partial charge in [0.2, 0.25) is 0 Å². The Morgan fingerprint density at radius 1 is 0.615 bits per heavy atom. The average molecular weight is 360 g/mol. The summed E-state index contributed by atoms with van der Waals surface area (Å²) in [5.41, 5.74) is 0.0496. The average Bonchev–Trinajstić information content (AvgIpc) is 2.72. The van der Waals surface area contributed by atoms with E-state index in [2.05, 4.69) is 0 Å². The molecule has 0 saturated carbocycles. The second-order valence-electron chi connectivity index (χ2n) is 5.89. The van der Waals surface area contributed by atoms with Crippen LogP contribution >= 0.6 is 0 Å². The highest BCUT2D eigenvalue weighted by Crippen LogP contribution is 2.12. The molecule has 0 heterocycles. The summed E-state index contributed by atoms with van der Waals surface area (Å²) >= 11 is 0. The first-order valence-corrected chi connectivity index (χ1v) is 8.12. The molecule has 0 saturated heterocycles. The molecule has 0 aromatic heterocycles. The summed E-state index contributed by atoms with van der Waals surface area (Å²) in [6.45, 7) is -1.62. The largest absolute Gasteiger partial charge is 0.396 e. The van der Waals surface area contributed by atoms with Gasteiger partial charge in [0.05, 0.1) is 38.3 Å². The number of Topliss-reactive ketones (excluding diaryl/α,β-unsaturated/α-hetero) is 2. The van der Waals surface area contributed by atoms with Crippen LogP contribution in [0.4, 0.5) is 0 Å². The van der Waals surface area contributed by atoms with Crippen molar-refractivity contribution < 1.29 is 30.0 Å². The van der Waals surface area contributed by atoms with Crippen molar-refractivity contribution in [1.29, 1.82) is 0 Å². The summed E-state index contributed by atoms with van der Waals surface area (Å²) in [5, 5.41) is 34.0. The lowest BCUT2D eigenvalue weighted by atomic mass is 9.93. The Balaban J connectivity index is 0.000000321. The van der Waals surface area contributed by atoms with Crippen molar-refractivity contribution >= 4 is 11.6 Å². The van der Waals surface area contributed by atoms with Gasteiger partial charge in [-0.1, -0.05) is 60.7 Å². The highest BCUT2D eigenvalue weighted by atomic mass is 16.3. The van der Waals surface area contributed by atoms with Gasteiger partial charge < -0.3 is 20.4 Å². The molecule has 6 nitrogen and oxygen atoms in total. The number of ketones is 2. The maximum Gasteiger partial charge on any atom is 0.170 e. The van der Waals surface area contributed by atoms with Crippen molar-refractivity contribution in [3.05, 3.63) is 71.8 Å². The summed E-state index contributed by atoms with van der Waals surface area (Å²) in [7, 11) is 0. The standard InChI is InChI=1S/C15H12O2.C5H12O4/c16-14(12-7-3-1-4-8-12)11-15(17)13-9-5-2-6-10-13;6-1-5(2-7,3-8)4-9/h1-10H,11H2;6-9H,1-4H2. The van der Waals surface area contributed by atoms with Gasteiger partial charge in [0.15, 0.2) is 11.6 Å². The maximum absolute atomic E-state index is 11.8. The summed E-state index contributed by atoms with van der Waals surface area (Å²) in [4.78, 5) is 23.6. The lowest BCUT2D eigenvalue weighted by Crippen LogP contribution is -2.37. The molecule has 0 atom stereocenters. The van der Waals surface area contributed by atoms with E-state index in [1.165, 1.54) is 0 Å². The van der Waals surface area contributed by atoms with E-state index in [4.69, 9.17) is 20.4 Å². The molecule has 0 bridgehead atoms. The Kier molecular flexibility index (Phi) is 9.40. The van der Waals surface area contributed by atoms with Crippen LogP contribution in [0.2, 0.25) is 0 Å². The van der Waals surface area contributed by atoms with Crippen LogP contribution in [-0.2, 0) is 0 Å². The Labute approximate surface area is 152 Å². The molecule has 0 aliphatic rings. The molecule has 0 aliphatic carbocycles. The topological polar surface area (TPSA) is 115 Å². The van der Waals surface area contributed by atoms with Crippen molar-refractivity contribution in [1.82, 2.24) is 0 Å². The number of carbonyl (C=O) groups excluding carboxylic acids is 2. The highest BCUT2D eigenvalue weighted by molar-refractivity contribution is 6.13. The van der Waals surface area contributed by atoms with Crippen molar-refractivity contribution in [2.45, 2.75) is 6.42 Å². The summed E-state index contributed by atoms with van der Waals surface area (Å²) in [6.07, 6.45) is -0.0754. The predicted molar refractivity (Wildman–Crippen MR) is 96.9 cm³/mol. The van der Waals surface area contributed by atoms with Crippen LogP contribution in [0.5, 0.6) is 0 Å². The molecular weight excluding hydrogens is 336 g/mol. The van der Waals surface area contributed by atoms with Gasteiger partial charge >= 0.3 is 0 Å². The zero-order valence-corrected chi connectivity index (χ0v) is 14.4. The second kappa shape index (κ2) is 11.3. The number of aliphatic hydroxyl groups excluding tert-OH is 4. The van der Waals surface area contributed by atoms with Gasteiger partial charge in [0, 0.05) is 11.1 Å². The number of rotatable bonds is 8. The van der Waals surface area contributed by atoms with Crippen LogP contribution in [0.25, 0.3) is 0 Å². The first kappa shape index (κ1) is 21.7. The molecule has 0 aliphatic heterocycles. The van der Waals surface area contributed by atoms with Gasteiger partial charge in [0.1, 0.15) is 0 Å². The number of hydrogen-bond donors (Lipinski definition) is 4. The quantitative estimate of drug-likeness (QED) is 0.414. The molecule has 0 radical (unpaired) electrons. The lowest BCUT2D eigenvalue weighted by molar-refractivity contribution is -0.0328. The Morgan fingerprint density at radius 2 is 0.923 bits per heavy atom. The molecule has 140 valence electrons. The van der Waals surface area contributed by atoms with Crippen LogP contribution in [0.15, 0.2) is 60.7 Å². The molecule has 0 fully saturated rings. The molecule has 2 aromatic rings. The molecule has 26 heavy (non-hydrogen) atoms. The van der Waals surface area contributed by atoms with Crippen LogP contribution in [0.3, 0.4) is 0 Å². The van der Waals surface area contributed by atoms with Crippen molar-refractivity contribution in [3.63, 3.8) is 0 Å². The van der Waals surface area contributed by atoms with Crippen LogP contribution in [0, 0.1) is 5.41 Å². The fraction of sp³-hybridized carbons (Fsp3) is 0.300. The van der Waals surface area contributed by atoms with Crippen molar-refractivity contribution in [3.8, 4) is 0 Å². The van der Waals surface area contributed by atoms with Crippen molar-refractivity contribution in [2.24, 2.45) is 5.41 Å². The van der Waals surface area contributed by atoms with E-state index in [0.29, 0.717) is 11.1 Å². The molecule has 4 N–H and O–H groups in total. The van der Waals surface area contributed by atoms with E-state index >= 15 is 0 Å². The van der Waals surface area contributed by atoms with Crippen LogP contribution in [-0.4, -0.2) is 58.4 Å². The monoisotopic (exact) mass is 360 g/mol. The Morgan fingerprint density at radius 3 is 1.15 bits per heavy atom. The smallest absolute Gasteiger partial charge is 0.170 e. The number of aliphatic hydroxyl groups is 4. The molecule has 0 spiro atoms. The normalized spacial score (nSPS) is 10.6. The van der Waals surface area contributed by atoms with E-state index in [1.807, 2.05) is 12.1 Å². The van der Waals surface area contributed by atoms with Gasteiger partial charge in [-0.15, -0.1) is 0 Å². The number of benzene rings is 2. The second-order valence-corrected chi connectivity index (χ2v) is 5.89. The predicted octanol–water partition coefficient (Wildman–Crippen LogP) is 1.08. The van der Waals surface area contributed by atoms with E-state index < -0.39 is 31.8 Å². The van der Waals surface area contributed by atoms with Crippen molar-refractivity contribution in [2.75, 3.05) is 26.4 Å². The number of hydrogen-bond acceptors (Lipinski definition) is 6. The minimum Gasteiger partial charge on any atom is -0.396 e. The third-order valence-electron chi connectivity index (χ3n) is 3.85.